The lowest BCUT2D eigenvalue weighted by molar-refractivity contribution is 0.286. The quantitative estimate of drug-likeness (QED) is 0.779. The molecule has 1 heterocycles. The summed E-state index contributed by atoms with van der Waals surface area (Å²) < 4.78 is 12.9. The summed E-state index contributed by atoms with van der Waals surface area (Å²) in [7, 11) is 0. The van der Waals surface area contributed by atoms with E-state index in [2.05, 4.69) is 5.32 Å². The fraction of sp³-hybridized carbons (Fsp3) is 0.333. The summed E-state index contributed by atoms with van der Waals surface area (Å²) in [6, 6.07) is 4.28. The Morgan fingerprint density at radius 2 is 2.07 bits per heavy atom. The Morgan fingerprint density at radius 1 is 1.43 bits per heavy atom. The van der Waals surface area contributed by atoms with Gasteiger partial charge in [-0.05, 0) is 23.8 Å². The minimum Gasteiger partial charge on any atom is -0.319 e. The summed E-state index contributed by atoms with van der Waals surface area (Å²) in [5.41, 5.74) is 6.18. The van der Waals surface area contributed by atoms with Crippen LogP contribution in [-0.4, -0.2) is 13.1 Å². The van der Waals surface area contributed by atoms with E-state index in [1.54, 1.807) is 6.07 Å². The van der Waals surface area contributed by atoms with Crippen molar-refractivity contribution >= 4 is 24.0 Å². The predicted octanol–water partition coefficient (Wildman–Crippen LogP) is 1.66. The maximum absolute atomic E-state index is 12.9. The van der Waals surface area contributed by atoms with Crippen molar-refractivity contribution in [3.8, 4) is 0 Å². The second-order valence-corrected chi connectivity index (χ2v) is 3.79. The molecule has 1 aromatic rings. The minimum atomic E-state index is -0.487. The molecule has 78 valence electrons. The van der Waals surface area contributed by atoms with E-state index in [1.165, 1.54) is 12.1 Å². The van der Waals surface area contributed by atoms with Crippen LogP contribution in [0.4, 0.5) is 4.39 Å². The van der Waals surface area contributed by atoms with E-state index in [1.807, 2.05) is 0 Å². The van der Waals surface area contributed by atoms with Crippen molar-refractivity contribution in [1.29, 1.82) is 0 Å². The summed E-state index contributed by atoms with van der Waals surface area (Å²) in [6.07, 6.45) is 0. The van der Waals surface area contributed by atoms with Crippen LogP contribution in [0.2, 0.25) is 5.02 Å². The van der Waals surface area contributed by atoms with Gasteiger partial charge in [0.2, 0.25) is 0 Å². The lowest BCUT2D eigenvalue weighted by Gasteiger charge is -2.40. The fourth-order valence-electron chi connectivity index (χ4n) is 1.46. The highest BCUT2D eigenvalue weighted by molar-refractivity contribution is 6.31. The highest BCUT2D eigenvalue weighted by Gasteiger charge is 2.36. The number of benzene rings is 1. The SMILES string of the molecule is Cl.NC1(c2cc(F)ccc2Cl)CNC1. The molecular weight excluding hydrogens is 226 g/mol. The van der Waals surface area contributed by atoms with E-state index in [-0.39, 0.29) is 18.2 Å². The molecule has 0 radical (unpaired) electrons. The maximum Gasteiger partial charge on any atom is 0.123 e. The van der Waals surface area contributed by atoms with Crippen molar-refractivity contribution in [3.63, 3.8) is 0 Å². The fourth-order valence-corrected chi connectivity index (χ4v) is 1.77. The standard InChI is InChI=1S/C9H10ClFN2.ClH/c10-8-2-1-6(11)3-7(8)9(12)4-13-5-9;/h1-3,13H,4-5,12H2;1H. The molecule has 1 aromatic carbocycles. The van der Waals surface area contributed by atoms with Gasteiger partial charge in [0.05, 0.1) is 5.54 Å². The number of rotatable bonds is 1. The van der Waals surface area contributed by atoms with Gasteiger partial charge >= 0.3 is 0 Å². The zero-order valence-corrected chi connectivity index (χ0v) is 8.96. The van der Waals surface area contributed by atoms with Crippen LogP contribution in [0, 0.1) is 5.82 Å². The van der Waals surface area contributed by atoms with Crippen molar-refractivity contribution in [2.45, 2.75) is 5.54 Å². The molecule has 2 nitrogen and oxygen atoms in total. The minimum absolute atomic E-state index is 0. The van der Waals surface area contributed by atoms with Crippen LogP contribution in [0.5, 0.6) is 0 Å². The average molecular weight is 237 g/mol. The van der Waals surface area contributed by atoms with Gasteiger partial charge in [0.25, 0.3) is 0 Å². The lowest BCUT2D eigenvalue weighted by Crippen LogP contribution is -2.62. The number of halogens is 3. The van der Waals surface area contributed by atoms with Gasteiger partial charge < -0.3 is 11.1 Å². The Labute approximate surface area is 93.0 Å². The molecular formula is C9H11Cl2FN2. The van der Waals surface area contributed by atoms with Crippen molar-refractivity contribution in [1.82, 2.24) is 5.32 Å². The molecule has 0 aliphatic carbocycles. The van der Waals surface area contributed by atoms with Crippen LogP contribution >= 0.6 is 24.0 Å². The van der Waals surface area contributed by atoms with E-state index in [4.69, 9.17) is 17.3 Å². The lowest BCUT2D eigenvalue weighted by atomic mass is 9.85. The first-order valence-electron chi connectivity index (χ1n) is 4.07. The van der Waals surface area contributed by atoms with Gasteiger partial charge in [-0.3, -0.25) is 0 Å². The van der Waals surface area contributed by atoms with Crippen molar-refractivity contribution < 1.29 is 4.39 Å². The number of nitrogens with two attached hydrogens (primary N) is 1. The first-order chi connectivity index (χ1) is 6.12. The van der Waals surface area contributed by atoms with Crippen molar-refractivity contribution in [2.24, 2.45) is 5.73 Å². The monoisotopic (exact) mass is 236 g/mol. The van der Waals surface area contributed by atoms with Gasteiger partial charge in [0.1, 0.15) is 5.82 Å². The molecule has 0 spiro atoms. The molecule has 2 rings (SSSR count). The molecule has 3 N–H and O–H groups in total. The number of hydrogen-bond acceptors (Lipinski definition) is 2. The van der Waals surface area contributed by atoms with Gasteiger partial charge in [-0.1, -0.05) is 11.6 Å². The molecule has 14 heavy (non-hydrogen) atoms. The van der Waals surface area contributed by atoms with Crippen LogP contribution in [0.1, 0.15) is 5.56 Å². The molecule has 5 heteroatoms. The zero-order valence-electron chi connectivity index (χ0n) is 7.39. The van der Waals surface area contributed by atoms with Crippen LogP contribution < -0.4 is 11.1 Å². The normalized spacial score (nSPS) is 18.2. The highest BCUT2D eigenvalue weighted by Crippen LogP contribution is 2.29. The summed E-state index contributed by atoms with van der Waals surface area (Å²) in [5, 5.41) is 3.57. The molecule has 1 aliphatic rings. The molecule has 0 amide bonds. The third-order valence-corrected chi connectivity index (χ3v) is 2.68. The Morgan fingerprint density at radius 3 is 2.57 bits per heavy atom. The third kappa shape index (κ3) is 1.86. The second-order valence-electron chi connectivity index (χ2n) is 3.38. The average Bonchev–Trinajstić information content (AvgIpc) is 2.05. The molecule has 1 saturated heterocycles. The van der Waals surface area contributed by atoms with Crippen LogP contribution in [0.3, 0.4) is 0 Å². The highest BCUT2D eigenvalue weighted by atomic mass is 35.5. The van der Waals surface area contributed by atoms with Crippen LogP contribution in [-0.2, 0) is 5.54 Å². The Kier molecular flexibility index (Phi) is 3.37. The van der Waals surface area contributed by atoms with Gasteiger partial charge in [0, 0.05) is 18.1 Å². The van der Waals surface area contributed by atoms with E-state index in [0.717, 1.165) is 0 Å². The summed E-state index contributed by atoms with van der Waals surface area (Å²) in [5.74, 6) is -0.295. The second kappa shape index (κ2) is 4.03. The summed E-state index contributed by atoms with van der Waals surface area (Å²) >= 11 is 5.92. The predicted molar refractivity (Wildman–Crippen MR) is 57.4 cm³/mol. The summed E-state index contributed by atoms with van der Waals surface area (Å²) in [6.45, 7) is 1.30. The first-order valence-corrected chi connectivity index (χ1v) is 4.45. The van der Waals surface area contributed by atoms with E-state index in [0.29, 0.717) is 23.7 Å². The first kappa shape index (κ1) is 11.7. The Bertz CT molecular complexity index is 340. The van der Waals surface area contributed by atoms with Crippen LogP contribution in [0.25, 0.3) is 0 Å². The van der Waals surface area contributed by atoms with Crippen molar-refractivity contribution in [2.75, 3.05) is 13.1 Å². The smallest absolute Gasteiger partial charge is 0.123 e. The van der Waals surface area contributed by atoms with Crippen LogP contribution in [0.15, 0.2) is 18.2 Å². The van der Waals surface area contributed by atoms with E-state index < -0.39 is 5.54 Å². The van der Waals surface area contributed by atoms with Crippen molar-refractivity contribution in [3.05, 3.63) is 34.6 Å². The van der Waals surface area contributed by atoms with Gasteiger partial charge in [-0.25, -0.2) is 4.39 Å². The molecule has 1 fully saturated rings. The van der Waals surface area contributed by atoms with Gasteiger partial charge in [0.15, 0.2) is 0 Å². The number of nitrogens with one attached hydrogen (secondary N) is 1. The molecule has 0 saturated carbocycles. The van der Waals surface area contributed by atoms with Gasteiger partial charge in [-0.15, -0.1) is 12.4 Å². The number of hydrogen-bond donors (Lipinski definition) is 2. The third-order valence-electron chi connectivity index (χ3n) is 2.35. The Balaban J connectivity index is 0.000000980. The zero-order chi connectivity index (χ0) is 9.47. The molecule has 0 aromatic heterocycles. The molecule has 0 atom stereocenters. The molecule has 1 aliphatic heterocycles. The van der Waals surface area contributed by atoms with E-state index >= 15 is 0 Å². The summed E-state index contributed by atoms with van der Waals surface area (Å²) in [4.78, 5) is 0. The largest absolute Gasteiger partial charge is 0.319 e. The topological polar surface area (TPSA) is 38.0 Å². The van der Waals surface area contributed by atoms with E-state index in [9.17, 15) is 4.39 Å². The molecule has 0 unspecified atom stereocenters. The molecule has 0 bridgehead atoms. The maximum atomic E-state index is 12.9. The Hall–Kier alpha value is -0.350. The van der Waals surface area contributed by atoms with Gasteiger partial charge in [-0.2, -0.15) is 0 Å².